The highest BCUT2D eigenvalue weighted by Crippen LogP contribution is 2.35. The van der Waals surface area contributed by atoms with Crippen LogP contribution in [0.1, 0.15) is 36.5 Å². The van der Waals surface area contributed by atoms with Crippen LogP contribution < -0.4 is 9.47 Å². The van der Waals surface area contributed by atoms with E-state index < -0.39 is 23.0 Å². The zero-order valence-corrected chi connectivity index (χ0v) is 20.5. The quantitative estimate of drug-likeness (QED) is 0.374. The topological polar surface area (TPSA) is 87.3 Å². The maximum Gasteiger partial charge on any atom is 0.441 e. The number of benzene rings is 2. The lowest BCUT2D eigenvalue weighted by Gasteiger charge is -2.20. The number of halogens is 3. The van der Waals surface area contributed by atoms with Gasteiger partial charge in [0.05, 0.1) is 5.57 Å². The molecule has 2 heterocycles. The molecule has 0 aromatic heterocycles. The summed E-state index contributed by atoms with van der Waals surface area (Å²) in [5, 5.41) is 10.9. The Labute approximate surface area is 210 Å². The van der Waals surface area contributed by atoms with Crippen molar-refractivity contribution in [3.63, 3.8) is 0 Å². The highest BCUT2D eigenvalue weighted by atomic mass is 32.2. The molecule has 2 aromatic carbocycles. The highest BCUT2D eigenvalue weighted by Gasteiger charge is 2.46. The van der Waals surface area contributed by atoms with Crippen molar-refractivity contribution >= 4 is 39.8 Å². The summed E-state index contributed by atoms with van der Waals surface area (Å²) in [6.07, 6.45) is -3.33. The number of carbonyl (C=O) groups is 1. The van der Waals surface area contributed by atoms with E-state index in [-0.39, 0.29) is 35.7 Å². The fourth-order valence-corrected chi connectivity index (χ4v) is 4.30. The van der Waals surface area contributed by atoms with E-state index in [0.29, 0.717) is 22.2 Å². The van der Waals surface area contributed by atoms with Crippen LogP contribution >= 0.6 is 11.8 Å². The first-order valence-electron chi connectivity index (χ1n) is 11.1. The molecular formula is C25H23F3N4O3S. The number of carbonyl (C=O) groups excluding carboxylic acids is 1. The summed E-state index contributed by atoms with van der Waals surface area (Å²) in [7, 11) is 0. The van der Waals surface area contributed by atoms with Gasteiger partial charge in [0, 0.05) is 5.56 Å². The van der Waals surface area contributed by atoms with E-state index in [1.807, 2.05) is 25.1 Å². The van der Waals surface area contributed by atoms with Gasteiger partial charge >= 0.3 is 6.18 Å². The number of para-hydroxylation sites is 1. The molecule has 0 radical (unpaired) electrons. The highest BCUT2D eigenvalue weighted by molar-refractivity contribution is 8.27. The first kappa shape index (κ1) is 25.5. The molecule has 0 aliphatic carbocycles. The average molecular weight is 517 g/mol. The van der Waals surface area contributed by atoms with Gasteiger partial charge in [0.1, 0.15) is 24.7 Å². The van der Waals surface area contributed by atoms with Crippen molar-refractivity contribution in [2.24, 2.45) is 10.1 Å². The van der Waals surface area contributed by atoms with Crippen molar-refractivity contribution in [2.45, 2.75) is 32.9 Å². The van der Waals surface area contributed by atoms with E-state index in [9.17, 15) is 18.0 Å². The number of thioether (sulfide) groups is 1. The number of aliphatic imine (C=N–C) groups is 1. The number of nitrogens with one attached hydrogen (secondary N) is 1. The minimum Gasteiger partial charge on any atom is -0.490 e. The monoisotopic (exact) mass is 516 g/mol. The van der Waals surface area contributed by atoms with Crippen LogP contribution in [0.5, 0.6) is 11.5 Å². The Morgan fingerprint density at radius 3 is 2.50 bits per heavy atom. The van der Waals surface area contributed by atoms with Gasteiger partial charge in [-0.15, -0.1) is 0 Å². The van der Waals surface area contributed by atoms with Crippen molar-refractivity contribution in [3.05, 3.63) is 64.7 Å². The normalized spacial score (nSPS) is 16.9. The number of ether oxygens (including phenoxy) is 2. The fraction of sp³-hybridized carbons (Fsp3) is 0.280. The molecule has 4 rings (SSSR count). The van der Waals surface area contributed by atoms with Crippen LogP contribution in [-0.2, 0) is 4.79 Å². The maximum absolute atomic E-state index is 13.0. The van der Waals surface area contributed by atoms with Crippen LogP contribution in [0.15, 0.2) is 58.1 Å². The van der Waals surface area contributed by atoms with Gasteiger partial charge < -0.3 is 9.47 Å². The summed E-state index contributed by atoms with van der Waals surface area (Å²) in [4.78, 5) is 16.2. The van der Waals surface area contributed by atoms with Crippen LogP contribution in [0.3, 0.4) is 0 Å². The van der Waals surface area contributed by atoms with E-state index in [1.54, 1.807) is 24.3 Å². The van der Waals surface area contributed by atoms with Gasteiger partial charge in [0.25, 0.3) is 5.91 Å². The van der Waals surface area contributed by atoms with E-state index in [1.165, 1.54) is 6.08 Å². The first-order chi connectivity index (χ1) is 17.0. The third kappa shape index (κ3) is 5.46. The van der Waals surface area contributed by atoms with Crippen LogP contribution in [0, 0.1) is 12.3 Å². The number of alkyl halides is 3. The number of hydrogen-bond acceptors (Lipinski definition) is 6. The Hall–Kier alpha value is -3.60. The van der Waals surface area contributed by atoms with Crippen LogP contribution in [0.4, 0.5) is 13.2 Å². The fourth-order valence-electron chi connectivity index (χ4n) is 3.54. The van der Waals surface area contributed by atoms with Crippen LogP contribution in [0.25, 0.3) is 6.08 Å². The Bertz CT molecular complexity index is 1300. The number of aryl methyl sites for hydroxylation is 1. The van der Waals surface area contributed by atoms with E-state index >= 15 is 0 Å². The van der Waals surface area contributed by atoms with Crippen molar-refractivity contribution in [2.75, 3.05) is 13.2 Å². The second-order valence-electron chi connectivity index (χ2n) is 8.35. The van der Waals surface area contributed by atoms with Gasteiger partial charge in [0.15, 0.2) is 5.84 Å². The standard InChI is InChI=1S/C25H23F3N4O3S/c1-14(2)17-9-8-15(3)12-20(17)35-11-10-34-19-7-5-4-6-16(19)13-18-21(29)32-24(30-22(18)33)36-23(31-32)25(26,27)28/h4-9,12-14,29H,10-11H2,1-3H3. The zero-order valence-electron chi connectivity index (χ0n) is 19.7. The molecule has 0 saturated heterocycles. The summed E-state index contributed by atoms with van der Waals surface area (Å²) in [5.41, 5.74) is 2.45. The number of hydrazone groups is 1. The summed E-state index contributed by atoms with van der Waals surface area (Å²) in [6, 6.07) is 12.9. The van der Waals surface area contributed by atoms with E-state index in [2.05, 4.69) is 23.9 Å². The number of nitrogens with zero attached hydrogens (tertiary/aromatic N) is 3. The van der Waals surface area contributed by atoms with Crippen molar-refractivity contribution in [1.29, 1.82) is 5.41 Å². The number of amides is 1. The SMILES string of the molecule is Cc1ccc(C(C)C)c(OCCOc2ccccc2C=C2C(=N)N3N=C(C(F)(F)F)SC3=NC2=O)c1. The zero-order chi connectivity index (χ0) is 26.0. The van der Waals surface area contributed by atoms with Crippen molar-refractivity contribution < 1.29 is 27.4 Å². The maximum atomic E-state index is 13.0. The Kier molecular flexibility index (Phi) is 7.21. The molecule has 1 N–H and O–H groups in total. The van der Waals surface area contributed by atoms with Crippen molar-refractivity contribution in [3.8, 4) is 11.5 Å². The number of rotatable bonds is 7. The average Bonchev–Trinajstić information content (AvgIpc) is 3.25. The molecule has 0 bridgehead atoms. The molecule has 0 unspecified atom stereocenters. The van der Waals surface area contributed by atoms with Gasteiger partial charge in [-0.05, 0) is 53.9 Å². The second kappa shape index (κ2) is 10.2. The first-order valence-corrected chi connectivity index (χ1v) is 11.9. The largest absolute Gasteiger partial charge is 0.490 e. The van der Waals surface area contributed by atoms with Crippen LogP contribution in [-0.4, -0.2) is 46.4 Å². The second-order valence-corrected chi connectivity index (χ2v) is 9.31. The molecule has 2 aliphatic heterocycles. The van der Waals surface area contributed by atoms with Gasteiger partial charge in [0.2, 0.25) is 10.2 Å². The van der Waals surface area contributed by atoms with Gasteiger partial charge in [-0.2, -0.15) is 28.3 Å². The molecule has 188 valence electrons. The summed E-state index contributed by atoms with van der Waals surface area (Å²) < 4.78 is 50.9. The van der Waals surface area contributed by atoms with E-state index in [4.69, 9.17) is 14.9 Å². The Morgan fingerprint density at radius 1 is 1.11 bits per heavy atom. The molecule has 2 aromatic rings. The Balaban J connectivity index is 1.48. The molecule has 1 amide bonds. The number of amidine groups is 2. The lowest BCUT2D eigenvalue weighted by Crippen LogP contribution is -2.35. The predicted molar refractivity (Wildman–Crippen MR) is 134 cm³/mol. The number of fused-ring (bicyclic) bond motifs is 1. The Morgan fingerprint density at radius 2 is 1.81 bits per heavy atom. The van der Waals surface area contributed by atoms with Gasteiger partial charge in [-0.3, -0.25) is 10.2 Å². The smallest absolute Gasteiger partial charge is 0.441 e. The lowest BCUT2D eigenvalue weighted by molar-refractivity contribution is -0.114. The minimum atomic E-state index is -4.70. The third-order valence-electron chi connectivity index (χ3n) is 5.31. The summed E-state index contributed by atoms with van der Waals surface area (Å²) >= 11 is 0.209. The molecule has 11 heteroatoms. The van der Waals surface area contributed by atoms with E-state index in [0.717, 1.165) is 16.9 Å². The predicted octanol–water partition coefficient (Wildman–Crippen LogP) is 5.76. The summed E-state index contributed by atoms with van der Waals surface area (Å²) in [5.74, 6) is 0.200. The molecule has 0 fully saturated rings. The van der Waals surface area contributed by atoms with Gasteiger partial charge in [-0.25, -0.2) is 0 Å². The molecule has 7 nitrogen and oxygen atoms in total. The minimum absolute atomic E-state index is 0.194. The number of hydrogen-bond donors (Lipinski definition) is 1. The molecular weight excluding hydrogens is 493 g/mol. The lowest BCUT2D eigenvalue weighted by atomic mass is 10.0. The van der Waals surface area contributed by atoms with Crippen LogP contribution in [0.2, 0.25) is 0 Å². The van der Waals surface area contributed by atoms with Crippen molar-refractivity contribution in [1.82, 2.24) is 5.01 Å². The third-order valence-corrected chi connectivity index (χ3v) is 6.26. The molecule has 2 aliphatic rings. The summed E-state index contributed by atoms with van der Waals surface area (Å²) in [6.45, 7) is 6.65. The van der Waals surface area contributed by atoms with Gasteiger partial charge in [-0.1, -0.05) is 44.2 Å². The molecule has 0 saturated carbocycles. The molecule has 0 spiro atoms. The molecule has 0 atom stereocenters. The molecule has 36 heavy (non-hydrogen) atoms.